The lowest BCUT2D eigenvalue weighted by molar-refractivity contribution is -0.151. The summed E-state index contributed by atoms with van der Waals surface area (Å²) in [6.45, 7) is 2.26. The molecule has 108 valence electrons. The Morgan fingerprint density at radius 3 is 2.75 bits per heavy atom. The van der Waals surface area contributed by atoms with Gasteiger partial charge in [-0.1, -0.05) is 44.8 Å². The summed E-state index contributed by atoms with van der Waals surface area (Å²) < 4.78 is 0. The number of unbranched alkanes of at least 4 members (excludes halogenated alkanes) is 1. The summed E-state index contributed by atoms with van der Waals surface area (Å²) in [5.41, 5.74) is 0.0730. The Labute approximate surface area is 121 Å². The van der Waals surface area contributed by atoms with E-state index in [0.29, 0.717) is 5.78 Å². The topological polar surface area (TPSA) is 20.3 Å². The summed E-state index contributed by atoms with van der Waals surface area (Å²) in [6, 6.07) is 0. The van der Waals surface area contributed by atoms with Gasteiger partial charge in [-0.2, -0.15) is 0 Å². The zero-order chi connectivity index (χ0) is 13.8. The van der Waals surface area contributed by atoms with Crippen molar-refractivity contribution in [2.24, 2.45) is 5.41 Å². The molecule has 5 aliphatic rings. The van der Waals surface area contributed by atoms with E-state index < -0.39 is 0 Å². The highest BCUT2D eigenvalue weighted by molar-refractivity contribution is 6.02. The fourth-order valence-corrected chi connectivity index (χ4v) is 5.55. The number of hydrogen-bond donors (Lipinski definition) is 0. The maximum Gasteiger partial charge on any atom is 0.183 e. The van der Waals surface area contributed by atoms with Gasteiger partial charge in [0.25, 0.3) is 0 Å². The lowest BCUT2D eigenvalue weighted by Gasteiger charge is -2.67. The predicted molar refractivity (Wildman–Crippen MR) is 80.2 cm³/mol. The summed E-state index contributed by atoms with van der Waals surface area (Å²) in [6.07, 6.45) is 19.9. The number of rotatable bonds is 3. The second-order valence-electron chi connectivity index (χ2n) is 7.31. The molecule has 0 aromatic carbocycles. The SMILES string of the molecule is CCCC[C@@]12C=C[C@]3(CCCC[C@]34C(=O)C=CN14)CC2. The van der Waals surface area contributed by atoms with E-state index in [1.165, 1.54) is 51.4 Å². The maximum absolute atomic E-state index is 12.8. The second kappa shape index (κ2) is 3.99. The van der Waals surface area contributed by atoms with Gasteiger partial charge in [0.2, 0.25) is 0 Å². The second-order valence-corrected chi connectivity index (χ2v) is 7.31. The van der Waals surface area contributed by atoms with E-state index >= 15 is 0 Å². The zero-order valence-electron chi connectivity index (χ0n) is 12.5. The van der Waals surface area contributed by atoms with Gasteiger partial charge in [-0.15, -0.1) is 0 Å². The van der Waals surface area contributed by atoms with Crippen molar-refractivity contribution in [1.29, 1.82) is 0 Å². The van der Waals surface area contributed by atoms with E-state index in [1.807, 2.05) is 6.08 Å². The first kappa shape index (κ1) is 12.7. The van der Waals surface area contributed by atoms with Gasteiger partial charge in [-0.05, 0) is 38.2 Å². The van der Waals surface area contributed by atoms with E-state index in [-0.39, 0.29) is 16.5 Å². The molecule has 2 spiro atoms. The Morgan fingerprint density at radius 1 is 1.15 bits per heavy atom. The van der Waals surface area contributed by atoms with E-state index in [0.717, 1.165) is 6.42 Å². The predicted octanol–water partition coefficient (Wildman–Crippen LogP) is 3.98. The quantitative estimate of drug-likeness (QED) is 0.724. The zero-order valence-corrected chi connectivity index (χ0v) is 12.5. The molecule has 1 saturated heterocycles. The van der Waals surface area contributed by atoms with Crippen molar-refractivity contribution in [3.63, 3.8) is 0 Å². The Balaban J connectivity index is 1.84. The third-order valence-corrected chi connectivity index (χ3v) is 6.59. The number of hydrogen-bond acceptors (Lipinski definition) is 2. The van der Waals surface area contributed by atoms with Crippen molar-refractivity contribution >= 4 is 5.78 Å². The molecule has 2 fully saturated rings. The van der Waals surface area contributed by atoms with Crippen molar-refractivity contribution < 1.29 is 4.79 Å². The molecule has 0 radical (unpaired) electrons. The van der Waals surface area contributed by atoms with Gasteiger partial charge in [0.05, 0.1) is 5.54 Å². The van der Waals surface area contributed by atoms with Crippen LogP contribution in [-0.4, -0.2) is 21.8 Å². The summed E-state index contributed by atoms with van der Waals surface area (Å²) >= 11 is 0. The first-order valence-corrected chi connectivity index (χ1v) is 8.42. The molecule has 0 aromatic heterocycles. The van der Waals surface area contributed by atoms with Crippen molar-refractivity contribution in [2.75, 3.05) is 0 Å². The van der Waals surface area contributed by atoms with Gasteiger partial charge in [0.1, 0.15) is 5.54 Å². The molecular weight excluding hydrogens is 246 g/mol. The molecule has 2 heteroatoms. The molecule has 3 heterocycles. The summed E-state index contributed by atoms with van der Waals surface area (Å²) in [5.74, 6) is 0.391. The van der Waals surface area contributed by atoms with Crippen LogP contribution in [0.4, 0.5) is 0 Å². The molecule has 5 rings (SSSR count). The molecule has 3 atom stereocenters. The molecular formula is C18H25NO. The average molecular weight is 271 g/mol. The Kier molecular flexibility index (Phi) is 2.53. The van der Waals surface area contributed by atoms with Crippen LogP contribution in [0.1, 0.15) is 64.7 Å². The molecule has 3 aliphatic heterocycles. The van der Waals surface area contributed by atoms with Gasteiger partial charge in [0.15, 0.2) is 5.78 Å². The number of nitrogens with zero attached hydrogens (tertiary/aromatic N) is 1. The number of piperidine rings is 1. The summed E-state index contributed by atoms with van der Waals surface area (Å²) in [7, 11) is 0. The minimum Gasteiger partial charge on any atom is -0.354 e. The summed E-state index contributed by atoms with van der Waals surface area (Å²) in [5, 5.41) is 0. The van der Waals surface area contributed by atoms with Crippen LogP contribution in [0.3, 0.4) is 0 Å². The van der Waals surface area contributed by atoms with Crippen LogP contribution >= 0.6 is 0 Å². The van der Waals surface area contributed by atoms with Crippen LogP contribution in [0.2, 0.25) is 0 Å². The average Bonchev–Trinajstić information content (AvgIpc) is 2.84. The fourth-order valence-electron chi connectivity index (χ4n) is 5.55. The molecule has 20 heavy (non-hydrogen) atoms. The number of carbonyl (C=O) groups is 1. The van der Waals surface area contributed by atoms with Gasteiger partial charge in [0, 0.05) is 11.6 Å². The van der Waals surface area contributed by atoms with Crippen LogP contribution in [0.15, 0.2) is 24.4 Å². The molecule has 1 saturated carbocycles. The van der Waals surface area contributed by atoms with Crippen molar-refractivity contribution in [3.8, 4) is 0 Å². The first-order valence-electron chi connectivity index (χ1n) is 8.42. The third kappa shape index (κ3) is 1.24. The normalized spacial score (nSPS) is 44.9. The highest BCUT2D eigenvalue weighted by atomic mass is 16.1. The fraction of sp³-hybridized carbons (Fsp3) is 0.722. The van der Waals surface area contributed by atoms with Crippen molar-refractivity contribution in [1.82, 2.24) is 4.90 Å². The minimum absolute atomic E-state index is 0.137. The van der Waals surface area contributed by atoms with Gasteiger partial charge in [-0.3, -0.25) is 4.79 Å². The van der Waals surface area contributed by atoms with Gasteiger partial charge in [-0.25, -0.2) is 0 Å². The molecule has 2 bridgehead atoms. The number of fused-ring (bicyclic) bond motifs is 1. The van der Waals surface area contributed by atoms with E-state index in [2.05, 4.69) is 30.2 Å². The smallest absolute Gasteiger partial charge is 0.183 e. The Bertz CT molecular complexity index is 508. The molecule has 0 N–H and O–H groups in total. The van der Waals surface area contributed by atoms with E-state index in [1.54, 1.807) is 0 Å². The highest BCUT2D eigenvalue weighted by Gasteiger charge is 2.68. The Morgan fingerprint density at radius 2 is 2.00 bits per heavy atom. The maximum atomic E-state index is 12.8. The monoisotopic (exact) mass is 271 g/mol. The number of carbonyl (C=O) groups excluding carboxylic acids is 1. The Hall–Kier alpha value is -1.05. The van der Waals surface area contributed by atoms with Gasteiger partial charge < -0.3 is 4.90 Å². The molecule has 2 aliphatic carbocycles. The largest absolute Gasteiger partial charge is 0.354 e. The van der Waals surface area contributed by atoms with E-state index in [4.69, 9.17) is 0 Å². The van der Waals surface area contributed by atoms with Crippen molar-refractivity contribution in [2.45, 2.75) is 75.8 Å². The van der Waals surface area contributed by atoms with Crippen LogP contribution < -0.4 is 0 Å². The van der Waals surface area contributed by atoms with Crippen LogP contribution in [0.5, 0.6) is 0 Å². The minimum atomic E-state index is -0.202. The van der Waals surface area contributed by atoms with Crippen molar-refractivity contribution in [3.05, 3.63) is 24.4 Å². The first-order chi connectivity index (χ1) is 9.69. The lowest BCUT2D eigenvalue weighted by atomic mass is 9.49. The number of ketones is 1. The van der Waals surface area contributed by atoms with Crippen LogP contribution in [0, 0.1) is 5.41 Å². The van der Waals surface area contributed by atoms with Gasteiger partial charge >= 0.3 is 0 Å². The van der Waals surface area contributed by atoms with Crippen LogP contribution in [0.25, 0.3) is 0 Å². The third-order valence-electron chi connectivity index (χ3n) is 6.59. The lowest BCUT2D eigenvalue weighted by Crippen LogP contribution is -2.72. The molecule has 0 aromatic rings. The molecule has 2 nitrogen and oxygen atoms in total. The highest BCUT2D eigenvalue weighted by Crippen LogP contribution is 2.64. The molecule has 0 unspecified atom stereocenters. The molecule has 0 amide bonds. The van der Waals surface area contributed by atoms with Crippen LogP contribution in [-0.2, 0) is 4.79 Å². The summed E-state index contributed by atoms with van der Waals surface area (Å²) in [4.78, 5) is 15.3. The standard InChI is InChI=1S/C18H25NO/c1-2-3-8-17-12-10-16(11-13-17)7-4-5-9-18(16)15(20)6-14-19(17)18/h6,10,12,14H,2-5,7-9,11,13H2,1H3/t16-,17+,18+/m1/s1. The van der Waals surface area contributed by atoms with E-state index in [9.17, 15) is 4.79 Å².